The number of carboxylic acid groups (broad SMARTS) is 2. The Kier molecular flexibility index (Phi) is 8.65. The first-order chi connectivity index (χ1) is 14.3. The molecule has 158 valence electrons. The van der Waals surface area contributed by atoms with E-state index in [1.807, 2.05) is 30.3 Å². The first kappa shape index (κ1) is 23.2. The number of ether oxygens (including phenoxy) is 1. The second-order valence-corrected chi connectivity index (χ2v) is 7.19. The van der Waals surface area contributed by atoms with Gasteiger partial charge in [-0.2, -0.15) is 0 Å². The van der Waals surface area contributed by atoms with E-state index in [1.165, 1.54) is 10.9 Å². The molecule has 0 amide bonds. The van der Waals surface area contributed by atoms with Crippen molar-refractivity contribution in [3.05, 3.63) is 77.3 Å². The molecule has 0 aliphatic heterocycles. The zero-order valence-electron chi connectivity index (χ0n) is 16.8. The second-order valence-electron chi connectivity index (χ2n) is 6.76. The van der Waals surface area contributed by atoms with Gasteiger partial charge in [0.2, 0.25) is 0 Å². The van der Waals surface area contributed by atoms with E-state index in [0.717, 1.165) is 22.6 Å². The molecule has 2 N–H and O–H groups in total. The van der Waals surface area contributed by atoms with Crippen molar-refractivity contribution in [2.45, 2.75) is 12.5 Å². The molecule has 0 spiro atoms. The van der Waals surface area contributed by atoms with E-state index in [1.54, 1.807) is 0 Å². The molecule has 0 radical (unpaired) electrons. The van der Waals surface area contributed by atoms with Crippen molar-refractivity contribution in [1.82, 2.24) is 4.90 Å². The van der Waals surface area contributed by atoms with Gasteiger partial charge in [-0.15, -0.1) is 0 Å². The number of carbonyl (C=O) groups is 2. The van der Waals surface area contributed by atoms with Gasteiger partial charge in [-0.05, 0) is 43.2 Å². The highest BCUT2D eigenvalue weighted by Crippen LogP contribution is 2.27. The average molecular weight is 430 g/mol. The normalized spacial score (nSPS) is 11.5. The van der Waals surface area contributed by atoms with Crippen molar-refractivity contribution in [3.63, 3.8) is 0 Å². The maximum absolute atomic E-state index is 9.10. The van der Waals surface area contributed by atoms with Crippen LogP contribution in [0.4, 0.5) is 0 Å². The van der Waals surface area contributed by atoms with Crippen LogP contribution in [-0.2, 0) is 9.59 Å². The number of benzene rings is 3. The van der Waals surface area contributed by atoms with Crippen LogP contribution >= 0.6 is 11.6 Å². The molecule has 7 heteroatoms. The first-order valence-electron chi connectivity index (χ1n) is 9.28. The molecule has 0 aliphatic carbocycles. The molecule has 0 heterocycles. The largest absolute Gasteiger partial charge is 0.493 e. The van der Waals surface area contributed by atoms with Crippen LogP contribution in [-0.4, -0.2) is 47.8 Å². The molecule has 0 bridgehead atoms. The van der Waals surface area contributed by atoms with Gasteiger partial charge in [-0.1, -0.05) is 60.1 Å². The highest BCUT2D eigenvalue weighted by Gasteiger charge is 2.14. The summed E-state index contributed by atoms with van der Waals surface area (Å²) < 4.78 is 6.09. The zero-order chi connectivity index (χ0) is 22.1. The Bertz CT molecular complexity index is 971. The number of aliphatic carboxylic acids is 2. The number of fused-ring (bicyclic) bond motifs is 1. The van der Waals surface area contributed by atoms with Gasteiger partial charge in [-0.25, -0.2) is 9.59 Å². The van der Waals surface area contributed by atoms with E-state index in [9.17, 15) is 0 Å². The minimum Gasteiger partial charge on any atom is -0.493 e. The van der Waals surface area contributed by atoms with Crippen LogP contribution in [0.2, 0.25) is 5.02 Å². The molecule has 0 fully saturated rings. The topological polar surface area (TPSA) is 87.1 Å². The molecule has 3 aromatic rings. The predicted molar refractivity (Wildman–Crippen MR) is 117 cm³/mol. The molecule has 30 heavy (non-hydrogen) atoms. The molecule has 3 aromatic carbocycles. The Morgan fingerprint density at radius 2 is 1.53 bits per heavy atom. The van der Waals surface area contributed by atoms with Crippen molar-refractivity contribution in [1.29, 1.82) is 0 Å². The van der Waals surface area contributed by atoms with Crippen LogP contribution in [0, 0.1) is 0 Å². The summed E-state index contributed by atoms with van der Waals surface area (Å²) in [5, 5.41) is 17.9. The fourth-order valence-corrected chi connectivity index (χ4v) is 3.14. The minimum atomic E-state index is -1.82. The molecule has 0 aliphatic rings. The average Bonchev–Trinajstić information content (AvgIpc) is 2.72. The third-order valence-corrected chi connectivity index (χ3v) is 4.71. The van der Waals surface area contributed by atoms with Crippen LogP contribution < -0.4 is 4.74 Å². The van der Waals surface area contributed by atoms with Gasteiger partial charge in [-0.3, -0.25) is 0 Å². The number of hydrogen-bond acceptors (Lipinski definition) is 4. The van der Waals surface area contributed by atoms with Crippen molar-refractivity contribution in [2.24, 2.45) is 0 Å². The zero-order valence-corrected chi connectivity index (χ0v) is 17.5. The quantitative estimate of drug-likeness (QED) is 0.551. The number of rotatable bonds is 6. The van der Waals surface area contributed by atoms with Gasteiger partial charge < -0.3 is 19.8 Å². The third-order valence-electron chi connectivity index (χ3n) is 4.46. The van der Waals surface area contributed by atoms with Gasteiger partial charge in [0, 0.05) is 22.9 Å². The number of halogens is 1. The Morgan fingerprint density at radius 3 is 2.13 bits per heavy atom. The van der Waals surface area contributed by atoms with E-state index in [0.29, 0.717) is 12.6 Å². The van der Waals surface area contributed by atoms with Crippen molar-refractivity contribution in [3.8, 4) is 5.75 Å². The maximum atomic E-state index is 9.10. The van der Waals surface area contributed by atoms with Crippen molar-refractivity contribution >= 4 is 34.3 Å². The lowest BCUT2D eigenvalue weighted by Crippen LogP contribution is -2.22. The fourth-order valence-electron chi connectivity index (χ4n) is 3.01. The Morgan fingerprint density at radius 1 is 0.933 bits per heavy atom. The van der Waals surface area contributed by atoms with Crippen molar-refractivity contribution in [2.75, 3.05) is 20.7 Å². The van der Waals surface area contributed by atoms with E-state index in [2.05, 4.69) is 55.4 Å². The monoisotopic (exact) mass is 429 g/mol. The molecular weight excluding hydrogens is 406 g/mol. The molecule has 0 saturated carbocycles. The van der Waals surface area contributed by atoms with Gasteiger partial charge in [0.1, 0.15) is 5.75 Å². The van der Waals surface area contributed by atoms with E-state index < -0.39 is 11.9 Å². The summed E-state index contributed by atoms with van der Waals surface area (Å²) >= 11 is 6.00. The Balaban J connectivity index is 0.000000469. The summed E-state index contributed by atoms with van der Waals surface area (Å²) in [5.41, 5.74) is 1.26. The van der Waals surface area contributed by atoms with Crippen LogP contribution in [0.15, 0.2) is 66.7 Å². The molecule has 6 nitrogen and oxygen atoms in total. The summed E-state index contributed by atoms with van der Waals surface area (Å²) in [4.78, 5) is 20.4. The lowest BCUT2D eigenvalue weighted by Gasteiger charge is -2.25. The Labute approximate surface area is 180 Å². The van der Waals surface area contributed by atoms with Gasteiger partial charge in [0.05, 0.1) is 6.61 Å². The van der Waals surface area contributed by atoms with Crippen LogP contribution in [0.3, 0.4) is 0 Å². The highest BCUT2D eigenvalue weighted by atomic mass is 35.5. The highest BCUT2D eigenvalue weighted by molar-refractivity contribution is 6.30. The van der Waals surface area contributed by atoms with E-state index in [-0.39, 0.29) is 0 Å². The lowest BCUT2D eigenvalue weighted by atomic mass is 10.0. The summed E-state index contributed by atoms with van der Waals surface area (Å²) in [6.45, 7) is 0.666. The summed E-state index contributed by atoms with van der Waals surface area (Å²) in [6.07, 6.45) is 0.915. The smallest absolute Gasteiger partial charge is 0.414 e. The van der Waals surface area contributed by atoms with Crippen LogP contribution in [0.1, 0.15) is 18.0 Å². The lowest BCUT2D eigenvalue weighted by molar-refractivity contribution is -0.159. The van der Waals surface area contributed by atoms with Gasteiger partial charge in [0.15, 0.2) is 0 Å². The Hall–Kier alpha value is -3.09. The maximum Gasteiger partial charge on any atom is 0.414 e. The van der Waals surface area contributed by atoms with Gasteiger partial charge in [0.25, 0.3) is 0 Å². The van der Waals surface area contributed by atoms with E-state index in [4.69, 9.17) is 36.1 Å². The van der Waals surface area contributed by atoms with Crippen molar-refractivity contribution < 1.29 is 24.5 Å². The summed E-state index contributed by atoms with van der Waals surface area (Å²) in [6, 6.07) is 22.9. The van der Waals surface area contributed by atoms with Gasteiger partial charge >= 0.3 is 11.9 Å². The first-order valence-corrected chi connectivity index (χ1v) is 9.66. The number of nitrogens with zero attached hydrogens (tertiary/aromatic N) is 1. The number of carboxylic acids is 2. The number of hydrogen-bond donors (Lipinski definition) is 2. The predicted octanol–water partition coefficient (Wildman–Crippen LogP) is 4.72. The van der Waals surface area contributed by atoms with E-state index >= 15 is 0 Å². The summed E-state index contributed by atoms with van der Waals surface area (Å²) in [7, 11) is 4.19. The molecule has 3 rings (SSSR count). The molecular formula is C23H24ClNO5. The second kappa shape index (κ2) is 11.2. The molecule has 1 unspecified atom stereocenters. The summed E-state index contributed by atoms with van der Waals surface area (Å²) in [5.74, 6) is -2.70. The SMILES string of the molecule is CN(C)C(CCOc1cccc2ccccc12)c1ccc(Cl)cc1.O=C(O)C(=O)O. The molecule has 1 atom stereocenters. The standard InChI is InChI=1S/C21H22ClNO.C2H2O4/c1-23(2)20(17-10-12-18(22)13-11-17)14-15-24-21-9-5-7-16-6-3-4-8-19(16)21;3-1(4)2(5)6/h3-13,20H,14-15H2,1-2H3;(H,3,4)(H,5,6). The third kappa shape index (κ3) is 6.76. The van der Waals surface area contributed by atoms with Crippen LogP contribution in [0.25, 0.3) is 10.8 Å². The van der Waals surface area contributed by atoms with Crippen LogP contribution in [0.5, 0.6) is 5.75 Å². The fraction of sp³-hybridized carbons (Fsp3) is 0.217. The minimum absolute atomic E-state index is 0.303. The molecule has 0 aromatic heterocycles. The molecule has 0 saturated heterocycles.